The van der Waals surface area contributed by atoms with Crippen LogP contribution in [0.25, 0.3) is 0 Å². The minimum absolute atomic E-state index is 0.135. The summed E-state index contributed by atoms with van der Waals surface area (Å²) >= 11 is 0. The summed E-state index contributed by atoms with van der Waals surface area (Å²) in [5.41, 5.74) is 1.36. The quantitative estimate of drug-likeness (QED) is 0.542. The minimum atomic E-state index is -0.271. The molecule has 0 aliphatic heterocycles. The summed E-state index contributed by atoms with van der Waals surface area (Å²) < 4.78 is 5.77. The number of rotatable bonds is 2. The number of esters is 1. The smallest absolute Gasteiger partial charge is 0.303 e. The van der Waals surface area contributed by atoms with Gasteiger partial charge in [-0.1, -0.05) is 19.1 Å². The maximum atomic E-state index is 11.5. The first-order valence-corrected chi connectivity index (χ1v) is 7.62. The zero-order chi connectivity index (χ0) is 14.3. The highest BCUT2D eigenvalue weighted by Gasteiger charge is 2.53. The molecule has 0 aromatic rings. The Kier molecular flexibility index (Phi) is 3.81. The van der Waals surface area contributed by atoms with Gasteiger partial charge in [-0.25, -0.2) is 0 Å². The molecule has 108 valence electrons. The standard InChI is InChI=1S/C17H28O2/c1-12(2)14-7-10-16(4)8-6-9-17(5,15(16)11-14)19-13(3)18/h14-15H,1,6-11H2,2-5H3/t14?,15?,16?,17-/m1/s1. The maximum absolute atomic E-state index is 11.5. The fourth-order valence-corrected chi connectivity index (χ4v) is 4.57. The van der Waals surface area contributed by atoms with Crippen molar-refractivity contribution in [2.75, 3.05) is 0 Å². The van der Waals surface area contributed by atoms with Crippen molar-refractivity contribution < 1.29 is 9.53 Å². The van der Waals surface area contributed by atoms with Gasteiger partial charge in [0, 0.05) is 12.8 Å². The lowest BCUT2D eigenvalue weighted by Crippen LogP contribution is -2.53. The van der Waals surface area contributed by atoms with Crippen LogP contribution < -0.4 is 0 Å². The van der Waals surface area contributed by atoms with E-state index in [2.05, 4.69) is 27.4 Å². The maximum Gasteiger partial charge on any atom is 0.303 e. The highest BCUT2D eigenvalue weighted by atomic mass is 16.6. The van der Waals surface area contributed by atoms with E-state index in [0.717, 1.165) is 12.8 Å². The Morgan fingerprint density at radius 1 is 1.21 bits per heavy atom. The van der Waals surface area contributed by atoms with Gasteiger partial charge in [0.05, 0.1) is 0 Å². The molecule has 2 aliphatic rings. The number of fused-ring (bicyclic) bond motifs is 1. The van der Waals surface area contributed by atoms with E-state index in [1.54, 1.807) is 0 Å². The molecule has 0 bridgehead atoms. The van der Waals surface area contributed by atoms with Gasteiger partial charge in [-0.15, -0.1) is 0 Å². The fraction of sp³-hybridized carbons (Fsp3) is 0.824. The van der Waals surface area contributed by atoms with Crippen LogP contribution in [-0.4, -0.2) is 11.6 Å². The van der Waals surface area contributed by atoms with Crippen LogP contribution in [0.3, 0.4) is 0 Å². The molecule has 0 radical (unpaired) electrons. The molecular formula is C17H28O2. The topological polar surface area (TPSA) is 26.3 Å². The van der Waals surface area contributed by atoms with Crippen molar-refractivity contribution in [1.82, 2.24) is 0 Å². The van der Waals surface area contributed by atoms with Gasteiger partial charge in [0.25, 0.3) is 0 Å². The van der Waals surface area contributed by atoms with E-state index in [1.165, 1.54) is 38.2 Å². The van der Waals surface area contributed by atoms with E-state index in [1.807, 2.05) is 0 Å². The predicted octanol–water partition coefficient (Wildman–Crippen LogP) is 4.49. The summed E-state index contributed by atoms with van der Waals surface area (Å²) in [6, 6.07) is 0. The molecule has 2 heteroatoms. The minimum Gasteiger partial charge on any atom is -0.459 e. The Bertz CT molecular complexity index is 387. The van der Waals surface area contributed by atoms with Crippen LogP contribution in [0.2, 0.25) is 0 Å². The van der Waals surface area contributed by atoms with Crippen LogP contribution in [-0.2, 0) is 9.53 Å². The van der Waals surface area contributed by atoms with E-state index in [0.29, 0.717) is 17.3 Å². The van der Waals surface area contributed by atoms with Crippen LogP contribution in [0.1, 0.15) is 66.2 Å². The highest BCUT2D eigenvalue weighted by molar-refractivity contribution is 5.66. The van der Waals surface area contributed by atoms with Crippen molar-refractivity contribution in [3.63, 3.8) is 0 Å². The van der Waals surface area contributed by atoms with E-state index >= 15 is 0 Å². The zero-order valence-electron chi connectivity index (χ0n) is 12.9. The molecule has 0 heterocycles. The van der Waals surface area contributed by atoms with Crippen molar-refractivity contribution >= 4 is 5.97 Å². The second kappa shape index (κ2) is 4.96. The first-order valence-electron chi connectivity index (χ1n) is 7.62. The molecule has 0 spiro atoms. The zero-order valence-corrected chi connectivity index (χ0v) is 12.9. The van der Waals surface area contributed by atoms with Crippen LogP contribution >= 0.6 is 0 Å². The molecule has 0 N–H and O–H groups in total. The van der Waals surface area contributed by atoms with Gasteiger partial charge in [0.15, 0.2) is 0 Å². The Morgan fingerprint density at radius 3 is 2.47 bits per heavy atom. The number of allylic oxidation sites excluding steroid dienone is 1. The third kappa shape index (κ3) is 2.73. The summed E-state index contributed by atoms with van der Waals surface area (Å²) in [5.74, 6) is 0.948. The molecule has 2 fully saturated rings. The third-order valence-corrected chi connectivity index (χ3v) is 5.66. The number of carbonyl (C=O) groups is 1. The number of hydrogen-bond acceptors (Lipinski definition) is 2. The molecule has 2 rings (SSSR count). The third-order valence-electron chi connectivity index (χ3n) is 5.66. The lowest BCUT2D eigenvalue weighted by molar-refractivity contribution is -0.181. The van der Waals surface area contributed by atoms with Crippen LogP contribution in [0.15, 0.2) is 12.2 Å². The lowest BCUT2D eigenvalue weighted by atomic mass is 9.53. The monoisotopic (exact) mass is 264 g/mol. The molecule has 3 unspecified atom stereocenters. The number of ether oxygens (including phenoxy) is 1. The van der Waals surface area contributed by atoms with Gasteiger partial charge in [-0.05, 0) is 63.7 Å². The van der Waals surface area contributed by atoms with Crippen LogP contribution in [0.5, 0.6) is 0 Å². The SMILES string of the molecule is C=C(C)C1CCC2(C)CCC[C@@](C)(OC(C)=O)C2C1. The first kappa shape index (κ1) is 14.6. The molecule has 2 saturated carbocycles. The van der Waals surface area contributed by atoms with E-state index in [-0.39, 0.29) is 11.6 Å². The number of carbonyl (C=O) groups excluding carboxylic acids is 1. The fourth-order valence-electron chi connectivity index (χ4n) is 4.57. The first-order chi connectivity index (χ1) is 8.77. The van der Waals surface area contributed by atoms with Gasteiger partial charge in [0.1, 0.15) is 5.60 Å². The second-order valence-electron chi connectivity index (χ2n) is 7.28. The van der Waals surface area contributed by atoms with Gasteiger partial charge in [-0.3, -0.25) is 4.79 Å². The van der Waals surface area contributed by atoms with Gasteiger partial charge < -0.3 is 4.74 Å². The average Bonchev–Trinajstić information content (AvgIpc) is 2.26. The van der Waals surface area contributed by atoms with Crippen molar-refractivity contribution in [2.24, 2.45) is 17.3 Å². The summed E-state index contributed by atoms with van der Waals surface area (Å²) in [7, 11) is 0. The average molecular weight is 264 g/mol. The lowest BCUT2D eigenvalue weighted by Gasteiger charge is -2.55. The summed E-state index contributed by atoms with van der Waals surface area (Å²) in [6.07, 6.45) is 7.09. The predicted molar refractivity (Wildman–Crippen MR) is 77.8 cm³/mol. The largest absolute Gasteiger partial charge is 0.459 e. The Morgan fingerprint density at radius 2 is 1.89 bits per heavy atom. The normalized spacial score (nSPS) is 42.3. The molecule has 0 amide bonds. The van der Waals surface area contributed by atoms with Gasteiger partial charge in [-0.2, -0.15) is 0 Å². The molecule has 0 saturated heterocycles. The molecule has 4 atom stereocenters. The Hall–Kier alpha value is -0.790. The Labute approximate surface area is 117 Å². The molecule has 2 aliphatic carbocycles. The van der Waals surface area contributed by atoms with Crippen molar-refractivity contribution in [2.45, 2.75) is 71.8 Å². The van der Waals surface area contributed by atoms with Crippen LogP contribution in [0.4, 0.5) is 0 Å². The molecule has 0 aromatic heterocycles. The second-order valence-corrected chi connectivity index (χ2v) is 7.28. The molecule has 19 heavy (non-hydrogen) atoms. The van der Waals surface area contributed by atoms with Crippen molar-refractivity contribution in [1.29, 1.82) is 0 Å². The van der Waals surface area contributed by atoms with Crippen molar-refractivity contribution in [3.05, 3.63) is 12.2 Å². The van der Waals surface area contributed by atoms with Gasteiger partial charge in [0.2, 0.25) is 0 Å². The van der Waals surface area contributed by atoms with Gasteiger partial charge >= 0.3 is 5.97 Å². The van der Waals surface area contributed by atoms with Crippen molar-refractivity contribution in [3.8, 4) is 0 Å². The van der Waals surface area contributed by atoms with E-state index in [4.69, 9.17) is 4.74 Å². The van der Waals surface area contributed by atoms with Crippen LogP contribution in [0, 0.1) is 17.3 Å². The summed E-state index contributed by atoms with van der Waals surface area (Å²) in [6.45, 7) is 12.4. The Balaban J connectivity index is 2.26. The van der Waals surface area contributed by atoms with E-state index < -0.39 is 0 Å². The summed E-state index contributed by atoms with van der Waals surface area (Å²) in [4.78, 5) is 11.5. The number of hydrogen-bond donors (Lipinski definition) is 0. The molecule has 2 nitrogen and oxygen atoms in total. The molecule has 0 aromatic carbocycles. The molecular weight excluding hydrogens is 236 g/mol. The summed E-state index contributed by atoms with van der Waals surface area (Å²) in [5, 5.41) is 0. The highest BCUT2D eigenvalue weighted by Crippen LogP contribution is 2.57. The van der Waals surface area contributed by atoms with E-state index in [9.17, 15) is 4.79 Å².